The molecule has 0 aliphatic carbocycles. The lowest BCUT2D eigenvalue weighted by Crippen LogP contribution is -2.14. The number of nitrogens with zero attached hydrogens (tertiary/aromatic N) is 3. The van der Waals surface area contributed by atoms with Gasteiger partial charge in [0, 0.05) is 36.5 Å². The number of rotatable bonds is 7. The van der Waals surface area contributed by atoms with Crippen LogP contribution in [-0.4, -0.2) is 40.6 Å². The highest BCUT2D eigenvalue weighted by atomic mass is 32.2. The first kappa shape index (κ1) is 22.7. The average Bonchev–Trinajstić information content (AvgIpc) is 3.11. The number of hydrogen-bond acceptors (Lipinski definition) is 6. The van der Waals surface area contributed by atoms with Crippen LogP contribution in [-0.2, 0) is 17.3 Å². The van der Waals surface area contributed by atoms with Crippen LogP contribution in [0.15, 0.2) is 47.6 Å². The van der Waals surface area contributed by atoms with Gasteiger partial charge in [0.05, 0.1) is 20.0 Å². The van der Waals surface area contributed by atoms with E-state index >= 15 is 0 Å². The summed E-state index contributed by atoms with van der Waals surface area (Å²) in [5.41, 5.74) is 2.96. The second-order valence-corrected chi connectivity index (χ2v) is 9.07. The molecule has 164 valence electrons. The largest absolute Gasteiger partial charge is 0.497 e. The van der Waals surface area contributed by atoms with Crippen LogP contribution in [0.5, 0.6) is 11.5 Å². The zero-order valence-corrected chi connectivity index (χ0v) is 19.5. The molecule has 0 atom stereocenters. The lowest BCUT2D eigenvalue weighted by atomic mass is 9.87. The summed E-state index contributed by atoms with van der Waals surface area (Å²) in [4.78, 5) is 12.4. The molecule has 0 aliphatic rings. The Bertz CT molecular complexity index is 1030. The molecule has 3 rings (SSSR count). The molecule has 31 heavy (non-hydrogen) atoms. The van der Waals surface area contributed by atoms with Crippen LogP contribution in [0.1, 0.15) is 26.3 Å². The molecule has 1 N–H and O–H groups in total. The van der Waals surface area contributed by atoms with Crippen LogP contribution in [0.2, 0.25) is 0 Å². The van der Waals surface area contributed by atoms with E-state index in [9.17, 15) is 4.79 Å². The Balaban J connectivity index is 1.65. The minimum absolute atomic E-state index is 0.0968. The van der Waals surface area contributed by atoms with E-state index in [-0.39, 0.29) is 17.1 Å². The van der Waals surface area contributed by atoms with E-state index < -0.39 is 0 Å². The molecule has 0 saturated carbocycles. The van der Waals surface area contributed by atoms with Gasteiger partial charge in [-0.15, -0.1) is 10.2 Å². The maximum atomic E-state index is 12.4. The van der Waals surface area contributed by atoms with Crippen molar-refractivity contribution in [3.63, 3.8) is 0 Å². The molecule has 0 unspecified atom stereocenters. The van der Waals surface area contributed by atoms with Crippen molar-refractivity contribution in [2.75, 3.05) is 25.3 Å². The Morgan fingerprint density at radius 2 is 1.65 bits per heavy atom. The topological polar surface area (TPSA) is 78.3 Å². The van der Waals surface area contributed by atoms with Gasteiger partial charge in [0.2, 0.25) is 5.91 Å². The van der Waals surface area contributed by atoms with Crippen LogP contribution in [0, 0.1) is 0 Å². The van der Waals surface area contributed by atoms with E-state index in [1.807, 2.05) is 11.6 Å². The SMILES string of the molecule is COc1cc(NC(=O)CSc2nnc(-c3ccc(C(C)(C)C)cc3)n2C)cc(OC)c1. The fraction of sp³-hybridized carbons (Fsp3) is 0.348. The number of methoxy groups -OCH3 is 2. The minimum atomic E-state index is -0.153. The Labute approximate surface area is 187 Å². The average molecular weight is 441 g/mol. The highest BCUT2D eigenvalue weighted by Crippen LogP contribution is 2.28. The lowest BCUT2D eigenvalue weighted by molar-refractivity contribution is -0.113. The Morgan fingerprint density at radius 1 is 1.03 bits per heavy atom. The standard InChI is InChI=1S/C23H28N4O3S/c1-23(2,3)16-9-7-15(8-10-16)21-25-26-22(27(21)4)31-14-20(28)24-17-11-18(29-5)13-19(12-17)30-6/h7-13H,14H2,1-6H3,(H,24,28). The predicted octanol–water partition coefficient (Wildman–Crippen LogP) is 4.53. The van der Waals surface area contributed by atoms with Gasteiger partial charge in [-0.2, -0.15) is 0 Å². The number of carbonyl (C=O) groups excluding carboxylic acids is 1. The quantitative estimate of drug-likeness (QED) is 0.544. The van der Waals surface area contributed by atoms with E-state index in [0.717, 1.165) is 11.4 Å². The summed E-state index contributed by atoms with van der Waals surface area (Å²) in [7, 11) is 5.04. The molecule has 1 aromatic heterocycles. The summed E-state index contributed by atoms with van der Waals surface area (Å²) in [6.07, 6.45) is 0. The second kappa shape index (κ2) is 9.43. The van der Waals surface area contributed by atoms with E-state index in [2.05, 4.69) is 60.6 Å². The first-order valence-corrected chi connectivity index (χ1v) is 10.9. The third-order valence-corrected chi connectivity index (χ3v) is 5.83. The van der Waals surface area contributed by atoms with E-state index in [0.29, 0.717) is 22.3 Å². The number of aromatic nitrogens is 3. The van der Waals surface area contributed by atoms with Gasteiger partial charge in [-0.25, -0.2) is 0 Å². The van der Waals surface area contributed by atoms with Gasteiger partial charge in [0.15, 0.2) is 11.0 Å². The van der Waals surface area contributed by atoms with Gasteiger partial charge in [0.25, 0.3) is 0 Å². The van der Waals surface area contributed by atoms with Gasteiger partial charge in [-0.1, -0.05) is 56.8 Å². The van der Waals surface area contributed by atoms with Crippen molar-refractivity contribution < 1.29 is 14.3 Å². The summed E-state index contributed by atoms with van der Waals surface area (Å²) >= 11 is 1.33. The van der Waals surface area contributed by atoms with Crippen molar-refractivity contribution in [3.8, 4) is 22.9 Å². The van der Waals surface area contributed by atoms with E-state index in [4.69, 9.17) is 9.47 Å². The number of nitrogens with one attached hydrogen (secondary N) is 1. The molecule has 0 radical (unpaired) electrons. The number of thioether (sulfide) groups is 1. The molecule has 8 heteroatoms. The number of amides is 1. The third-order valence-electron chi connectivity index (χ3n) is 4.81. The van der Waals surface area contributed by atoms with Crippen molar-refractivity contribution in [3.05, 3.63) is 48.0 Å². The van der Waals surface area contributed by atoms with Crippen molar-refractivity contribution >= 4 is 23.4 Å². The van der Waals surface area contributed by atoms with Gasteiger partial charge < -0.3 is 19.4 Å². The summed E-state index contributed by atoms with van der Waals surface area (Å²) in [6, 6.07) is 13.6. The fourth-order valence-corrected chi connectivity index (χ4v) is 3.73. The van der Waals surface area contributed by atoms with Gasteiger partial charge in [0.1, 0.15) is 11.5 Å². The Morgan fingerprint density at radius 3 is 2.19 bits per heavy atom. The molecule has 1 amide bonds. The molecule has 0 fully saturated rings. The van der Waals surface area contributed by atoms with Crippen molar-refractivity contribution in [1.29, 1.82) is 0 Å². The number of carbonyl (C=O) groups is 1. The Kier molecular flexibility index (Phi) is 6.90. The van der Waals surface area contributed by atoms with Crippen molar-refractivity contribution in [1.82, 2.24) is 14.8 Å². The number of anilines is 1. The zero-order chi connectivity index (χ0) is 22.6. The normalized spacial score (nSPS) is 11.3. The summed E-state index contributed by atoms with van der Waals surface area (Å²) in [6.45, 7) is 6.56. The molecule has 0 aliphatic heterocycles. The summed E-state index contributed by atoms with van der Waals surface area (Å²) in [5.74, 6) is 2.03. The van der Waals surface area contributed by atoms with Crippen LogP contribution < -0.4 is 14.8 Å². The molecule has 1 heterocycles. The van der Waals surface area contributed by atoms with Gasteiger partial charge in [-0.3, -0.25) is 4.79 Å². The predicted molar refractivity (Wildman–Crippen MR) is 124 cm³/mol. The number of ether oxygens (including phenoxy) is 2. The van der Waals surface area contributed by atoms with Gasteiger partial charge in [-0.05, 0) is 11.0 Å². The first-order chi connectivity index (χ1) is 14.7. The molecular formula is C23H28N4O3S. The van der Waals surface area contributed by atoms with E-state index in [1.165, 1.54) is 17.3 Å². The zero-order valence-electron chi connectivity index (χ0n) is 18.7. The smallest absolute Gasteiger partial charge is 0.234 e. The fourth-order valence-electron chi connectivity index (χ4n) is 3.02. The van der Waals surface area contributed by atoms with Gasteiger partial charge >= 0.3 is 0 Å². The highest BCUT2D eigenvalue weighted by molar-refractivity contribution is 7.99. The summed E-state index contributed by atoms with van der Waals surface area (Å²) < 4.78 is 12.4. The monoisotopic (exact) mass is 440 g/mol. The summed E-state index contributed by atoms with van der Waals surface area (Å²) in [5, 5.41) is 12.1. The number of hydrogen-bond donors (Lipinski definition) is 1. The van der Waals surface area contributed by atoms with Crippen molar-refractivity contribution in [2.24, 2.45) is 7.05 Å². The second-order valence-electron chi connectivity index (χ2n) is 8.13. The molecule has 0 saturated heterocycles. The maximum Gasteiger partial charge on any atom is 0.234 e. The van der Waals surface area contributed by atoms with Crippen LogP contribution in [0.3, 0.4) is 0 Å². The first-order valence-electron chi connectivity index (χ1n) is 9.87. The molecule has 3 aromatic rings. The van der Waals surface area contributed by atoms with Crippen LogP contribution in [0.4, 0.5) is 5.69 Å². The van der Waals surface area contributed by atoms with Crippen LogP contribution in [0.25, 0.3) is 11.4 Å². The lowest BCUT2D eigenvalue weighted by Gasteiger charge is -2.19. The molecule has 0 spiro atoms. The van der Waals surface area contributed by atoms with Crippen molar-refractivity contribution in [2.45, 2.75) is 31.3 Å². The third kappa shape index (κ3) is 5.58. The highest BCUT2D eigenvalue weighted by Gasteiger charge is 2.16. The maximum absolute atomic E-state index is 12.4. The Hall–Kier alpha value is -3.00. The van der Waals surface area contributed by atoms with E-state index in [1.54, 1.807) is 32.4 Å². The molecule has 7 nitrogen and oxygen atoms in total. The number of benzene rings is 2. The minimum Gasteiger partial charge on any atom is -0.497 e. The molecule has 0 bridgehead atoms. The molecular weight excluding hydrogens is 412 g/mol. The van der Waals surface area contributed by atoms with Crippen LogP contribution >= 0.6 is 11.8 Å². The molecule has 2 aromatic carbocycles.